The minimum Gasteiger partial charge on any atom is -0.391 e. The highest BCUT2D eigenvalue weighted by Crippen LogP contribution is 2.29. The molecule has 1 rings (SSSR count). The summed E-state index contributed by atoms with van der Waals surface area (Å²) in [4.78, 5) is 9.86. The highest BCUT2D eigenvalue weighted by Gasteiger charge is 2.22. The zero-order valence-corrected chi connectivity index (χ0v) is 9.98. The van der Waals surface area contributed by atoms with Crippen molar-refractivity contribution >= 4 is 11.4 Å². The van der Waals surface area contributed by atoms with Crippen LogP contribution >= 0.6 is 0 Å². The van der Waals surface area contributed by atoms with E-state index in [0.29, 0.717) is 6.07 Å². The predicted molar refractivity (Wildman–Crippen MR) is 62.3 cm³/mol. The minimum absolute atomic E-state index is 0.0983. The molecule has 7 heteroatoms. The Kier molecular flexibility index (Phi) is 4.55. The molecule has 1 unspecified atom stereocenters. The fourth-order valence-corrected chi connectivity index (χ4v) is 1.30. The van der Waals surface area contributed by atoms with Crippen LogP contribution in [0.25, 0.3) is 0 Å². The van der Waals surface area contributed by atoms with Crippen molar-refractivity contribution in [2.24, 2.45) is 5.92 Å². The molecular formula is C11H14F2N2O3. The van der Waals surface area contributed by atoms with Crippen molar-refractivity contribution in [3.63, 3.8) is 0 Å². The van der Waals surface area contributed by atoms with E-state index < -0.39 is 34.0 Å². The third kappa shape index (κ3) is 3.13. The molecular weight excluding hydrogens is 246 g/mol. The van der Waals surface area contributed by atoms with Gasteiger partial charge in [0.1, 0.15) is 0 Å². The summed E-state index contributed by atoms with van der Waals surface area (Å²) in [6, 6.07) is 1.57. The summed E-state index contributed by atoms with van der Waals surface area (Å²) in [6.07, 6.45) is -0.813. The van der Waals surface area contributed by atoms with E-state index in [1.165, 1.54) is 0 Å². The van der Waals surface area contributed by atoms with Crippen molar-refractivity contribution < 1.29 is 18.8 Å². The summed E-state index contributed by atoms with van der Waals surface area (Å²) < 4.78 is 26.5. The second kappa shape index (κ2) is 5.72. The number of hydrogen-bond acceptors (Lipinski definition) is 4. The van der Waals surface area contributed by atoms with Gasteiger partial charge in [-0.25, -0.2) is 8.78 Å². The van der Waals surface area contributed by atoms with Crippen LogP contribution in [0.3, 0.4) is 0 Å². The minimum atomic E-state index is -1.32. The number of anilines is 1. The Morgan fingerprint density at radius 3 is 2.56 bits per heavy atom. The van der Waals surface area contributed by atoms with Gasteiger partial charge in [-0.05, 0) is 12.0 Å². The summed E-state index contributed by atoms with van der Waals surface area (Å²) >= 11 is 0. The van der Waals surface area contributed by atoms with Crippen LogP contribution in [0.2, 0.25) is 0 Å². The molecule has 0 heterocycles. The van der Waals surface area contributed by atoms with Gasteiger partial charge in [0.2, 0.25) is 0 Å². The highest BCUT2D eigenvalue weighted by molar-refractivity contribution is 5.62. The Balaban J connectivity index is 2.99. The zero-order chi connectivity index (χ0) is 13.9. The number of nitrogens with zero attached hydrogens (tertiary/aromatic N) is 1. The van der Waals surface area contributed by atoms with Crippen LogP contribution in [0.4, 0.5) is 20.2 Å². The van der Waals surface area contributed by atoms with E-state index in [0.717, 1.165) is 6.07 Å². The lowest BCUT2D eigenvalue weighted by Gasteiger charge is -2.16. The Labute approximate surface area is 103 Å². The zero-order valence-electron chi connectivity index (χ0n) is 9.98. The number of aliphatic hydroxyl groups excluding tert-OH is 1. The smallest absolute Gasteiger partial charge is 0.295 e. The van der Waals surface area contributed by atoms with Crippen molar-refractivity contribution in [2.75, 3.05) is 11.9 Å². The molecule has 0 aromatic heterocycles. The van der Waals surface area contributed by atoms with Crippen LogP contribution < -0.4 is 5.32 Å². The molecule has 1 atom stereocenters. The van der Waals surface area contributed by atoms with E-state index in [4.69, 9.17) is 0 Å². The average molecular weight is 260 g/mol. The molecule has 0 saturated heterocycles. The third-order valence-corrected chi connectivity index (χ3v) is 2.53. The van der Waals surface area contributed by atoms with Gasteiger partial charge >= 0.3 is 0 Å². The van der Waals surface area contributed by atoms with Crippen molar-refractivity contribution in [1.29, 1.82) is 0 Å². The van der Waals surface area contributed by atoms with Gasteiger partial charge in [0.05, 0.1) is 11.0 Å². The molecule has 0 aliphatic carbocycles. The first-order chi connectivity index (χ1) is 8.34. The second-order valence-corrected chi connectivity index (χ2v) is 4.20. The number of nitrogens with one attached hydrogen (secondary N) is 1. The molecule has 1 aromatic rings. The van der Waals surface area contributed by atoms with Gasteiger partial charge in [-0.15, -0.1) is 0 Å². The van der Waals surface area contributed by atoms with Crippen LogP contribution in [0, 0.1) is 27.7 Å². The Bertz CT molecular complexity index is 452. The van der Waals surface area contributed by atoms with Crippen molar-refractivity contribution in [1.82, 2.24) is 0 Å². The number of benzene rings is 1. The van der Waals surface area contributed by atoms with E-state index in [9.17, 15) is 24.0 Å². The van der Waals surface area contributed by atoms with Crippen LogP contribution in [-0.2, 0) is 0 Å². The lowest BCUT2D eigenvalue weighted by Crippen LogP contribution is -2.25. The molecule has 0 aliphatic rings. The lowest BCUT2D eigenvalue weighted by atomic mass is 10.1. The maximum absolute atomic E-state index is 13.5. The molecule has 0 spiro atoms. The van der Waals surface area contributed by atoms with E-state index in [-0.39, 0.29) is 12.5 Å². The molecule has 0 aliphatic heterocycles. The Hall–Kier alpha value is -1.76. The van der Waals surface area contributed by atoms with Gasteiger partial charge in [-0.1, -0.05) is 13.8 Å². The summed E-state index contributed by atoms with van der Waals surface area (Å²) in [7, 11) is 0. The Morgan fingerprint density at radius 2 is 2.06 bits per heavy atom. The van der Waals surface area contributed by atoms with Crippen molar-refractivity contribution in [3.8, 4) is 0 Å². The van der Waals surface area contributed by atoms with Gasteiger partial charge in [-0.2, -0.15) is 0 Å². The fourth-order valence-electron chi connectivity index (χ4n) is 1.30. The second-order valence-electron chi connectivity index (χ2n) is 4.20. The largest absolute Gasteiger partial charge is 0.391 e. The van der Waals surface area contributed by atoms with Gasteiger partial charge < -0.3 is 10.4 Å². The standard InChI is InChI=1S/C11H14F2N2O3/c1-6(2)9(16)5-14-11-8(15(17)18)4-3-7(12)10(11)13/h3-4,6,9,14,16H,5H2,1-2H3. The molecule has 0 fully saturated rings. The Morgan fingerprint density at radius 1 is 1.44 bits per heavy atom. The van der Waals surface area contributed by atoms with E-state index >= 15 is 0 Å². The maximum Gasteiger partial charge on any atom is 0.295 e. The molecule has 18 heavy (non-hydrogen) atoms. The molecule has 1 aromatic carbocycles. The molecule has 0 amide bonds. The predicted octanol–water partition coefficient (Wildman–Crippen LogP) is 2.30. The monoisotopic (exact) mass is 260 g/mol. The van der Waals surface area contributed by atoms with Gasteiger partial charge in [-0.3, -0.25) is 10.1 Å². The molecule has 100 valence electrons. The first-order valence-corrected chi connectivity index (χ1v) is 5.39. The topological polar surface area (TPSA) is 75.4 Å². The van der Waals surface area contributed by atoms with E-state index in [2.05, 4.69) is 5.32 Å². The third-order valence-electron chi connectivity index (χ3n) is 2.53. The first kappa shape index (κ1) is 14.3. The SMILES string of the molecule is CC(C)C(O)CNc1c([N+](=O)[O-])ccc(F)c1F. The van der Waals surface area contributed by atoms with Gasteiger partial charge in [0, 0.05) is 12.6 Å². The quantitative estimate of drug-likeness (QED) is 0.629. The summed E-state index contributed by atoms with van der Waals surface area (Å²) in [5.74, 6) is -2.60. The number of aliphatic hydroxyl groups is 1. The number of rotatable bonds is 5. The average Bonchev–Trinajstić information content (AvgIpc) is 2.29. The summed E-state index contributed by atoms with van der Waals surface area (Å²) in [6.45, 7) is 3.38. The van der Waals surface area contributed by atoms with Crippen LogP contribution in [0.15, 0.2) is 12.1 Å². The summed E-state index contributed by atoms with van der Waals surface area (Å²) in [5.41, 5.74) is -1.11. The maximum atomic E-state index is 13.5. The number of nitro benzene ring substituents is 1. The molecule has 2 N–H and O–H groups in total. The molecule has 0 radical (unpaired) electrons. The van der Waals surface area contributed by atoms with Gasteiger partial charge in [0.15, 0.2) is 17.3 Å². The number of hydrogen-bond donors (Lipinski definition) is 2. The summed E-state index contributed by atoms with van der Waals surface area (Å²) in [5, 5.41) is 22.6. The van der Waals surface area contributed by atoms with E-state index in [1.54, 1.807) is 13.8 Å². The normalized spacial score (nSPS) is 12.6. The fraction of sp³-hybridized carbons (Fsp3) is 0.455. The highest BCUT2D eigenvalue weighted by atomic mass is 19.2. The lowest BCUT2D eigenvalue weighted by molar-refractivity contribution is -0.384. The first-order valence-electron chi connectivity index (χ1n) is 5.39. The van der Waals surface area contributed by atoms with E-state index in [1.807, 2.05) is 0 Å². The number of nitro groups is 1. The molecule has 0 bridgehead atoms. The van der Waals surface area contributed by atoms with Crippen LogP contribution in [0.5, 0.6) is 0 Å². The number of halogens is 2. The molecule has 5 nitrogen and oxygen atoms in total. The van der Waals surface area contributed by atoms with Gasteiger partial charge in [0.25, 0.3) is 5.69 Å². The van der Waals surface area contributed by atoms with Crippen LogP contribution in [0.1, 0.15) is 13.8 Å². The van der Waals surface area contributed by atoms with Crippen LogP contribution in [-0.4, -0.2) is 22.7 Å². The molecule has 0 saturated carbocycles. The van der Waals surface area contributed by atoms with Crippen molar-refractivity contribution in [3.05, 3.63) is 33.9 Å². The van der Waals surface area contributed by atoms with Crippen molar-refractivity contribution in [2.45, 2.75) is 20.0 Å².